The first-order valence-electron chi connectivity index (χ1n) is 24.9. The summed E-state index contributed by atoms with van der Waals surface area (Å²) in [4.78, 5) is 41.5. The van der Waals surface area contributed by atoms with Gasteiger partial charge < -0.3 is 69.1 Å². The second-order valence-corrected chi connectivity index (χ2v) is 21.2. The fraction of sp³-hybridized carbons (Fsp3) is 0.840. The molecule has 69 heavy (non-hydrogen) atoms. The van der Waals surface area contributed by atoms with Crippen LogP contribution in [0.25, 0.3) is 0 Å². The number of rotatable bonds is 16. The predicted octanol–water partition coefficient (Wildman–Crippen LogP) is 3.71. The Morgan fingerprint density at radius 3 is 2.25 bits per heavy atom. The number of esters is 1. The topological polar surface area (TPSA) is 252 Å². The van der Waals surface area contributed by atoms with E-state index in [0.717, 1.165) is 5.56 Å². The van der Waals surface area contributed by atoms with Gasteiger partial charge in [0, 0.05) is 63.2 Å². The van der Waals surface area contributed by atoms with Crippen LogP contribution in [-0.4, -0.2) is 183 Å². The van der Waals surface area contributed by atoms with E-state index in [0.29, 0.717) is 51.7 Å². The van der Waals surface area contributed by atoms with Gasteiger partial charge >= 0.3 is 5.97 Å². The van der Waals surface area contributed by atoms with Crippen LogP contribution in [0.2, 0.25) is 0 Å². The lowest BCUT2D eigenvalue weighted by atomic mass is 9.77. The van der Waals surface area contributed by atoms with Gasteiger partial charge in [-0.1, -0.05) is 32.9 Å². The van der Waals surface area contributed by atoms with Crippen LogP contribution in [0.5, 0.6) is 0 Å². The Kier molecular flexibility index (Phi) is 21.4. The lowest BCUT2D eigenvalue weighted by molar-refractivity contribution is -0.384. The summed E-state index contributed by atoms with van der Waals surface area (Å²) in [5, 5.41) is 73.2. The van der Waals surface area contributed by atoms with E-state index in [4.69, 9.17) is 28.4 Å². The molecule has 0 spiro atoms. The Morgan fingerprint density at radius 2 is 1.64 bits per heavy atom. The molecule has 0 aliphatic carbocycles. The van der Waals surface area contributed by atoms with Gasteiger partial charge in [-0.05, 0) is 119 Å². The summed E-state index contributed by atoms with van der Waals surface area (Å²) in [5.74, 6) is -2.93. The maximum atomic E-state index is 14.4. The summed E-state index contributed by atoms with van der Waals surface area (Å²) in [5.41, 5.74) is -3.66. The van der Waals surface area contributed by atoms with Crippen molar-refractivity contribution in [2.24, 2.45) is 17.8 Å². The zero-order valence-corrected chi connectivity index (χ0v) is 43.4. The van der Waals surface area contributed by atoms with E-state index in [9.17, 15) is 45.2 Å². The van der Waals surface area contributed by atoms with Gasteiger partial charge in [0.25, 0.3) is 5.69 Å². The molecule has 19 heteroatoms. The number of cyclic esters (lactones) is 1. The third-order valence-corrected chi connectivity index (χ3v) is 15.2. The number of nitrogens with zero attached hydrogens (tertiary/aromatic N) is 3. The summed E-state index contributed by atoms with van der Waals surface area (Å²) >= 11 is 0. The number of nitrogens with one attached hydrogen (secondary N) is 1. The number of nitro groups is 1. The minimum atomic E-state index is -1.84. The Balaban J connectivity index is 1.58. The van der Waals surface area contributed by atoms with Crippen molar-refractivity contribution in [3.63, 3.8) is 0 Å². The largest absolute Gasteiger partial charge is 0.459 e. The number of nitro benzene ring substituents is 1. The number of carbonyl (C=O) groups excluding carboxylic acids is 2. The number of benzene rings is 1. The predicted molar refractivity (Wildman–Crippen MR) is 257 cm³/mol. The van der Waals surface area contributed by atoms with Crippen molar-refractivity contribution in [2.45, 2.75) is 211 Å². The minimum absolute atomic E-state index is 0.0144. The standard InChI is InChI=1S/C50H86N4O15/c1-14-38-50(10,61)43(57)33(6)53(12)28-29(2)26-48(8,60)45(31(4)42(32(5)46(59)67-38)68-40-27-49(9,64-13)44(58)34(7)66-40)69-47-41(56)37(25-30(3)65-47)52(11)24-16-15-17-39(55)51-23-22-35-18-20-36(21-19-35)54(62)63/h18-21,29-34,37-38,40-45,47,56-58,60-61H,14-17,22-28H2,1-13H3,(H,51,55)/t29-,30-,31+,32-,33-,34+,37+,38-,40+,41-,42+,43-,44+,45-,47+,48-,49-,50-/m1/s1. The monoisotopic (exact) mass is 983 g/mol. The number of amides is 1. The number of methoxy groups -OCH3 is 1. The van der Waals surface area contributed by atoms with E-state index in [1.54, 1.807) is 60.6 Å². The van der Waals surface area contributed by atoms with Crippen molar-refractivity contribution in [2.75, 3.05) is 40.8 Å². The SMILES string of the molecule is CC[C@H]1OC(=O)[C@H](C)[C@@H](O[C@H]2C[C@@](C)(OC)[C@@H](O)[C@H](C)O2)[C@H](C)[C@@H](O[C@@H]2O[C@H](C)C[C@H](N(C)CCCCC(=O)NCCc3ccc([N+](=O)[O-])cc3)[C@H]2O)[C@](C)(O)C[C@@H](C)CN(C)[C@H](C)[C@@H](O)[C@]1(C)O. The van der Waals surface area contributed by atoms with E-state index < -0.39 is 107 Å². The lowest BCUT2D eigenvalue weighted by Gasteiger charge is -2.49. The highest BCUT2D eigenvalue weighted by atomic mass is 16.7. The maximum absolute atomic E-state index is 14.4. The molecule has 4 rings (SSSR count). The lowest BCUT2D eigenvalue weighted by Crippen LogP contribution is -2.60. The number of aliphatic hydroxyl groups is 5. The molecular formula is C50H86N4O15. The van der Waals surface area contributed by atoms with Crippen molar-refractivity contribution in [1.29, 1.82) is 0 Å². The maximum Gasteiger partial charge on any atom is 0.311 e. The highest BCUT2D eigenvalue weighted by Crippen LogP contribution is 2.40. The molecule has 1 amide bonds. The number of unbranched alkanes of at least 4 members (excludes halogenated alkanes) is 1. The van der Waals surface area contributed by atoms with Crippen molar-refractivity contribution < 1.29 is 68.5 Å². The third kappa shape index (κ3) is 15.1. The molecule has 19 nitrogen and oxygen atoms in total. The molecule has 3 aliphatic heterocycles. The number of non-ortho nitro benzene ring substituents is 1. The Hall–Kier alpha value is -2.92. The van der Waals surface area contributed by atoms with Gasteiger partial charge in [0.1, 0.15) is 30.0 Å². The molecular weight excluding hydrogens is 897 g/mol. The van der Waals surface area contributed by atoms with Crippen molar-refractivity contribution in [3.05, 3.63) is 39.9 Å². The molecule has 3 saturated heterocycles. The van der Waals surface area contributed by atoms with Crippen molar-refractivity contribution >= 4 is 17.6 Å². The zero-order chi connectivity index (χ0) is 51.8. The van der Waals surface area contributed by atoms with Crippen LogP contribution in [0.1, 0.15) is 120 Å². The first-order chi connectivity index (χ1) is 32.2. The minimum Gasteiger partial charge on any atom is -0.459 e. The Bertz CT molecular complexity index is 1790. The highest BCUT2D eigenvalue weighted by molar-refractivity contribution is 5.75. The fourth-order valence-electron chi connectivity index (χ4n) is 10.7. The first kappa shape index (κ1) is 58.6. The number of hydrogen-bond donors (Lipinski definition) is 6. The molecule has 18 atom stereocenters. The average molecular weight is 983 g/mol. The Morgan fingerprint density at radius 1 is 0.986 bits per heavy atom. The molecule has 3 fully saturated rings. The van der Waals surface area contributed by atoms with Crippen LogP contribution in [0.15, 0.2) is 24.3 Å². The molecule has 0 unspecified atom stereocenters. The van der Waals surface area contributed by atoms with Crippen LogP contribution in [0, 0.1) is 27.9 Å². The number of likely N-dealkylation sites (N-methyl/N-ethyl adjacent to an activating group) is 2. The number of aliphatic hydroxyl groups excluding tert-OH is 3. The normalized spacial score (nSPS) is 40.1. The van der Waals surface area contributed by atoms with Gasteiger partial charge in [0.15, 0.2) is 12.6 Å². The molecule has 0 radical (unpaired) electrons. The molecule has 396 valence electrons. The van der Waals surface area contributed by atoms with Gasteiger partial charge in [0.2, 0.25) is 5.91 Å². The second-order valence-electron chi connectivity index (χ2n) is 21.2. The van der Waals surface area contributed by atoms with Crippen LogP contribution in [0.3, 0.4) is 0 Å². The molecule has 3 aliphatic rings. The zero-order valence-electron chi connectivity index (χ0n) is 43.4. The van der Waals surface area contributed by atoms with E-state index in [-0.39, 0.29) is 42.9 Å². The summed E-state index contributed by atoms with van der Waals surface area (Å²) in [6, 6.07) is 5.24. The Labute approximate surface area is 409 Å². The molecule has 1 aromatic rings. The molecule has 0 bridgehead atoms. The smallest absolute Gasteiger partial charge is 0.311 e. The summed E-state index contributed by atoms with van der Waals surface area (Å²) in [6.45, 7) is 18.8. The molecule has 6 N–H and O–H groups in total. The van der Waals surface area contributed by atoms with Gasteiger partial charge in [-0.3, -0.25) is 19.7 Å². The first-order valence-corrected chi connectivity index (χ1v) is 24.9. The number of hydrogen-bond acceptors (Lipinski definition) is 17. The van der Waals surface area contributed by atoms with Gasteiger partial charge in [-0.25, -0.2) is 0 Å². The van der Waals surface area contributed by atoms with Gasteiger partial charge in [0.05, 0.1) is 46.5 Å². The molecule has 1 aromatic carbocycles. The van der Waals surface area contributed by atoms with Crippen LogP contribution in [-0.2, 0) is 44.4 Å². The molecule has 0 aromatic heterocycles. The van der Waals surface area contributed by atoms with Crippen molar-refractivity contribution in [3.8, 4) is 0 Å². The van der Waals surface area contributed by atoms with Gasteiger partial charge in [-0.15, -0.1) is 0 Å². The molecule has 3 heterocycles. The van der Waals surface area contributed by atoms with E-state index >= 15 is 0 Å². The quantitative estimate of drug-likeness (QED) is 0.0598. The van der Waals surface area contributed by atoms with Crippen LogP contribution >= 0.6 is 0 Å². The van der Waals surface area contributed by atoms with Gasteiger partial charge in [-0.2, -0.15) is 0 Å². The van der Waals surface area contributed by atoms with E-state index in [2.05, 4.69) is 5.32 Å². The van der Waals surface area contributed by atoms with Crippen LogP contribution in [0.4, 0.5) is 5.69 Å². The number of carbonyl (C=O) groups is 2. The second kappa shape index (κ2) is 25.2. The summed E-state index contributed by atoms with van der Waals surface area (Å²) < 4.78 is 38.1. The van der Waals surface area contributed by atoms with E-state index in [1.807, 2.05) is 37.7 Å². The highest BCUT2D eigenvalue weighted by Gasteiger charge is 2.53. The van der Waals surface area contributed by atoms with Crippen molar-refractivity contribution in [1.82, 2.24) is 15.1 Å². The van der Waals surface area contributed by atoms with E-state index in [1.165, 1.54) is 26.2 Å². The van der Waals surface area contributed by atoms with Crippen LogP contribution < -0.4 is 5.32 Å². The average Bonchev–Trinajstić information content (AvgIpc) is 3.28. The summed E-state index contributed by atoms with van der Waals surface area (Å²) in [7, 11) is 5.22. The summed E-state index contributed by atoms with van der Waals surface area (Å²) in [6.07, 6.45) is -7.10. The number of ether oxygens (including phenoxy) is 6. The third-order valence-electron chi connectivity index (χ3n) is 15.2. The molecule has 0 saturated carbocycles. The fourth-order valence-corrected chi connectivity index (χ4v) is 10.7.